The summed E-state index contributed by atoms with van der Waals surface area (Å²) in [6, 6.07) is 0. The summed E-state index contributed by atoms with van der Waals surface area (Å²) < 4.78 is 16.6. The fourth-order valence-corrected chi connectivity index (χ4v) is 1.12. The normalized spacial score (nSPS) is 10.1. The van der Waals surface area contributed by atoms with Crippen LogP contribution in [0.1, 0.15) is 59.3 Å². The molecule has 0 atom stereocenters. The summed E-state index contributed by atoms with van der Waals surface area (Å²) in [6.45, 7) is 8.61. The van der Waals surface area contributed by atoms with Gasteiger partial charge in [-0.1, -0.05) is 40.0 Å². The molecule has 0 saturated heterocycles. The van der Waals surface area contributed by atoms with Crippen LogP contribution in [0.25, 0.3) is 0 Å². The minimum absolute atomic E-state index is 0. The van der Waals surface area contributed by atoms with Crippen molar-refractivity contribution in [3.63, 3.8) is 0 Å². The summed E-state index contributed by atoms with van der Waals surface area (Å²) in [5, 5.41) is 0. The van der Waals surface area contributed by atoms with Gasteiger partial charge in [-0.3, -0.25) is 0 Å². The van der Waals surface area contributed by atoms with Crippen LogP contribution in [0.2, 0.25) is 0 Å². The first-order valence-electron chi connectivity index (χ1n) is 6.69. The van der Waals surface area contributed by atoms with Gasteiger partial charge in [0.1, 0.15) is 0 Å². The summed E-state index contributed by atoms with van der Waals surface area (Å²) in [7, 11) is -0.454. The molecule has 0 radical (unpaired) electrons. The van der Waals surface area contributed by atoms with E-state index in [2.05, 4.69) is 20.8 Å². The molecule has 0 aromatic carbocycles. The van der Waals surface area contributed by atoms with Gasteiger partial charge in [0, 0.05) is 19.8 Å². The Hall–Kier alpha value is 0.542. The van der Waals surface area contributed by atoms with E-state index in [4.69, 9.17) is 14.0 Å². The van der Waals surface area contributed by atoms with Crippen molar-refractivity contribution in [2.24, 2.45) is 0 Å². The third-order valence-corrected chi connectivity index (χ3v) is 2.26. The number of rotatable bonds is 12. The van der Waals surface area contributed by atoms with Gasteiger partial charge in [0.2, 0.25) is 0 Å². The molecule has 0 saturated carbocycles. The average Bonchev–Trinajstić information content (AvgIpc) is 2.29. The number of unbranched alkanes of at least 4 members (excludes halogenated alkanes) is 3. The van der Waals surface area contributed by atoms with Crippen molar-refractivity contribution in [3.05, 3.63) is 0 Å². The van der Waals surface area contributed by atoms with Crippen LogP contribution in [0.3, 0.4) is 0 Å². The second-order valence-corrected chi connectivity index (χ2v) is 3.96. The fourth-order valence-electron chi connectivity index (χ4n) is 1.12. The number of hydrogen-bond donors (Lipinski definition) is 0. The van der Waals surface area contributed by atoms with Crippen molar-refractivity contribution in [1.29, 1.82) is 0 Å². The van der Waals surface area contributed by atoms with Crippen LogP contribution in [-0.2, 0) is 14.0 Å². The van der Waals surface area contributed by atoms with E-state index in [9.17, 15) is 0 Å². The summed E-state index contributed by atoms with van der Waals surface area (Å²) in [6.07, 6.45) is 6.59. The maximum atomic E-state index is 5.53. The molecule has 0 aliphatic rings. The Labute approximate surface area is 119 Å². The van der Waals surface area contributed by atoms with Crippen molar-refractivity contribution in [2.75, 3.05) is 19.8 Å². The zero-order valence-corrected chi connectivity index (χ0v) is 11.2. The standard InChI is InChI=1S/C12H27BO3.Li.H/c1-4-7-10-14-13(15-11-8-5-2)16-12-9-6-3;;/h4-12H2,1-3H3;;. The molecule has 0 aromatic rings. The van der Waals surface area contributed by atoms with Crippen LogP contribution in [-0.4, -0.2) is 46.0 Å². The first-order valence-corrected chi connectivity index (χ1v) is 6.69. The Bertz CT molecular complexity index is 115. The van der Waals surface area contributed by atoms with Gasteiger partial charge in [-0.2, -0.15) is 0 Å². The van der Waals surface area contributed by atoms with Crippen molar-refractivity contribution in [3.8, 4) is 0 Å². The molecule has 5 heteroatoms. The number of hydrogen-bond acceptors (Lipinski definition) is 3. The van der Waals surface area contributed by atoms with Gasteiger partial charge in [-0.15, -0.1) is 0 Å². The van der Waals surface area contributed by atoms with Gasteiger partial charge in [0.05, 0.1) is 0 Å². The van der Waals surface area contributed by atoms with Gasteiger partial charge >= 0.3 is 26.2 Å². The van der Waals surface area contributed by atoms with Gasteiger partial charge in [0.25, 0.3) is 0 Å². The quantitative estimate of drug-likeness (QED) is 0.386. The molecule has 0 heterocycles. The Morgan fingerprint density at radius 1 is 0.647 bits per heavy atom. The summed E-state index contributed by atoms with van der Waals surface area (Å²) in [5.74, 6) is 0. The Balaban J connectivity index is 0. The second-order valence-electron chi connectivity index (χ2n) is 3.96. The van der Waals surface area contributed by atoms with Crippen LogP contribution in [0, 0.1) is 0 Å². The molecule has 0 fully saturated rings. The fraction of sp³-hybridized carbons (Fsp3) is 1.00. The maximum absolute atomic E-state index is 5.53. The van der Waals surface area contributed by atoms with Crippen LogP contribution in [0.4, 0.5) is 0 Å². The molecule has 0 bridgehead atoms. The van der Waals surface area contributed by atoms with Crippen molar-refractivity contribution in [2.45, 2.75) is 59.3 Å². The molecule has 3 nitrogen and oxygen atoms in total. The van der Waals surface area contributed by atoms with E-state index in [1.54, 1.807) is 0 Å². The Morgan fingerprint density at radius 2 is 0.941 bits per heavy atom. The zero-order chi connectivity index (χ0) is 12.1. The van der Waals surface area contributed by atoms with Gasteiger partial charge in [-0.25, -0.2) is 0 Å². The topological polar surface area (TPSA) is 27.7 Å². The molecule has 98 valence electrons. The van der Waals surface area contributed by atoms with E-state index in [1.165, 1.54) is 0 Å². The molecular formula is C12H28BLiO3. The predicted octanol–water partition coefficient (Wildman–Crippen LogP) is 2.77. The van der Waals surface area contributed by atoms with Gasteiger partial charge in [-0.05, 0) is 19.3 Å². The van der Waals surface area contributed by atoms with E-state index >= 15 is 0 Å². The molecule has 17 heavy (non-hydrogen) atoms. The van der Waals surface area contributed by atoms with E-state index in [0.29, 0.717) is 0 Å². The molecule has 0 aliphatic carbocycles. The van der Waals surface area contributed by atoms with E-state index in [1.807, 2.05) is 0 Å². The van der Waals surface area contributed by atoms with Crippen molar-refractivity contribution >= 4 is 26.2 Å². The second kappa shape index (κ2) is 16.5. The van der Waals surface area contributed by atoms with E-state index < -0.39 is 7.32 Å². The van der Waals surface area contributed by atoms with Crippen LogP contribution in [0.5, 0.6) is 0 Å². The third-order valence-electron chi connectivity index (χ3n) is 2.26. The Morgan fingerprint density at radius 3 is 1.18 bits per heavy atom. The molecule has 0 spiro atoms. The predicted molar refractivity (Wildman–Crippen MR) is 75.5 cm³/mol. The molecule has 0 aromatic heterocycles. The SMILES string of the molecule is CCCCOB(OCCCC)OCCCC.[LiH]. The summed E-state index contributed by atoms with van der Waals surface area (Å²) in [4.78, 5) is 0. The van der Waals surface area contributed by atoms with Gasteiger partial charge in [0.15, 0.2) is 0 Å². The van der Waals surface area contributed by atoms with Crippen LogP contribution < -0.4 is 0 Å². The van der Waals surface area contributed by atoms with Crippen molar-refractivity contribution in [1.82, 2.24) is 0 Å². The summed E-state index contributed by atoms with van der Waals surface area (Å²) in [5.41, 5.74) is 0. The van der Waals surface area contributed by atoms with Crippen LogP contribution in [0.15, 0.2) is 0 Å². The molecular weight excluding hydrogens is 210 g/mol. The molecule has 0 amide bonds. The first kappa shape index (κ1) is 19.9. The summed E-state index contributed by atoms with van der Waals surface area (Å²) >= 11 is 0. The van der Waals surface area contributed by atoms with Crippen molar-refractivity contribution < 1.29 is 14.0 Å². The van der Waals surface area contributed by atoms with Gasteiger partial charge < -0.3 is 14.0 Å². The first-order chi connectivity index (χ1) is 7.85. The molecule has 0 aliphatic heterocycles. The molecule has 0 rings (SSSR count). The average molecular weight is 238 g/mol. The van der Waals surface area contributed by atoms with E-state index in [-0.39, 0.29) is 18.9 Å². The Kier molecular flexibility index (Phi) is 19.3. The minimum atomic E-state index is -0.454. The third kappa shape index (κ3) is 14.5. The van der Waals surface area contributed by atoms with E-state index in [0.717, 1.165) is 58.3 Å². The molecule has 0 unspecified atom stereocenters. The monoisotopic (exact) mass is 238 g/mol. The zero-order valence-electron chi connectivity index (χ0n) is 11.2. The molecule has 0 N–H and O–H groups in total. The van der Waals surface area contributed by atoms with Crippen LogP contribution >= 0.6 is 0 Å².